The van der Waals surface area contributed by atoms with Crippen LogP contribution in [0.5, 0.6) is 0 Å². The van der Waals surface area contributed by atoms with E-state index in [4.69, 9.17) is 42.6 Å². The van der Waals surface area contributed by atoms with Crippen molar-refractivity contribution in [2.75, 3.05) is 13.2 Å². The first kappa shape index (κ1) is 31.9. The van der Waals surface area contributed by atoms with Gasteiger partial charge in [0.15, 0.2) is 43.1 Å². The van der Waals surface area contributed by atoms with E-state index in [9.17, 15) is 24.0 Å². The van der Waals surface area contributed by atoms with Crippen LogP contribution in [0.1, 0.15) is 40.2 Å². The standard InChI is InChI=1S/C27H34O14/c1-14(28)36-20-12-35-27(25(40-18(5)32)22(20)37-15(2)29)41-21-13-34-26(33-11-19-9-7-6-8-10-19)24(39-17(4)31)23(21)38-16(3)30/h6-10,20-27H,11-13H2,1-5H3/t20-,21-,22+,23+,24+,25-,26-,27+/m0/s1. The molecule has 14 nitrogen and oxygen atoms in total. The van der Waals surface area contributed by atoms with E-state index in [0.717, 1.165) is 33.3 Å². The Labute approximate surface area is 236 Å². The molecule has 0 amide bonds. The van der Waals surface area contributed by atoms with Crippen LogP contribution in [0.3, 0.4) is 0 Å². The van der Waals surface area contributed by atoms with Crippen LogP contribution in [0.25, 0.3) is 0 Å². The summed E-state index contributed by atoms with van der Waals surface area (Å²) < 4.78 is 50.3. The van der Waals surface area contributed by atoms with Crippen molar-refractivity contribution < 1.29 is 66.6 Å². The predicted molar refractivity (Wildman–Crippen MR) is 133 cm³/mol. The molecule has 0 bridgehead atoms. The SMILES string of the molecule is CC(=O)O[C@@H]1[C@@H](O[C@H]2CO[C@H](OCc3ccccc3)[C@H](OC(C)=O)[C@@H]2OC(C)=O)OC[C@H](OC(C)=O)[C@H]1OC(C)=O. The lowest BCUT2D eigenvalue weighted by atomic mass is 10.0. The van der Waals surface area contributed by atoms with E-state index in [0.29, 0.717) is 0 Å². The monoisotopic (exact) mass is 582 g/mol. The number of benzene rings is 1. The summed E-state index contributed by atoms with van der Waals surface area (Å²) in [6.45, 7) is 5.32. The van der Waals surface area contributed by atoms with Crippen molar-refractivity contribution in [1.82, 2.24) is 0 Å². The highest BCUT2D eigenvalue weighted by Crippen LogP contribution is 2.31. The Balaban J connectivity index is 1.86. The number of rotatable bonds is 10. The molecule has 0 N–H and O–H groups in total. The molecule has 0 spiro atoms. The minimum atomic E-state index is -1.40. The summed E-state index contributed by atoms with van der Waals surface area (Å²) in [6, 6.07) is 9.16. The third kappa shape index (κ3) is 9.49. The van der Waals surface area contributed by atoms with Gasteiger partial charge in [-0.25, -0.2) is 0 Å². The molecule has 0 unspecified atom stereocenters. The Hall–Kier alpha value is -3.59. The Morgan fingerprint density at radius 3 is 1.59 bits per heavy atom. The summed E-state index contributed by atoms with van der Waals surface area (Å²) in [5, 5.41) is 0. The van der Waals surface area contributed by atoms with Crippen molar-refractivity contribution in [3.63, 3.8) is 0 Å². The Morgan fingerprint density at radius 2 is 1.05 bits per heavy atom. The summed E-state index contributed by atoms with van der Waals surface area (Å²) >= 11 is 0. The topological polar surface area (TPSA) is 168 Å². The first-order valence-corrected chi connectivity index (χ1v) is 12.8. The second-order valence-corrected chi connectivity index (χ2v) is 9.32. The lowest BCUT2D eigenvalue weighted by molar-refractivity contribution is -0.333. The van der Waals surface area contributed by atoms with Gasteiger partial charge in [-0.05, 0) is 5.56 Å². The average Bonchev–Trinajstić information content (AvgIpc) is 2.88. The van der Waals surface area contributed by atoms with Gasteiger partial charge in [-0.15, -0.1) is 0 Å². The number of ether oxygens (including phenoxy) is 9. The van der Waals surface area contributed by atoms with Crippen molar-refractivity contribution in [3.8, 4) is 0 Å². The molecule has 3 rings (SSSR count). The number of esters is 5. The molecule has 8 atom stereocenters. The summed E-state index contributed by atoms with van der Waals surface area (Å²) in [7, 11) is 0. The Morgan fingerprint density at radius 1 is 0.610 bits per heavy atom. The second-order valence-electron chi connectivity index (χ2n) is 9.32. The minimum absolute atomic E-state index is 0.101. The van der Waals surface area contributed by atoms with E-state index >= 15 is 0 Å². The molecule has 2 aliphatic rings. The smallest absolute Gasteiger partial charge is 0.303 e. The third-order valence-corrected chi connectivity index (χ3v) is 5.86. The van der Waals surface area contributed by atoms with Crippen molar-refractivity contribution in [1.29, 1.82) is 0 Å². The van der Waals surface area contributed by atoms with Crippen molar-refractivity contribution >= 4 is 29.8 Å². The number of hydrogen-bond donors (Lipinski definition) is 0. The molecule has 41 heavy (non-hydrogen) atoms. The maximum Gasteiger partial charge on any atom is 0.303 e. The van der Waals surface area contributed by atoms with E-state index in [1.54, 1.807) is 0 Å². The zero-order chi connectivity index (χ0) is 30.1. The zero-order valence-electron chi connectivity index (χ0n) is 23.3. The molecule has 1 aromatic carbocycles. The maximum atomic E-state index is 12.1. The van der Waals surface area contributed by atoms with Gasteiger partial charge in [0.05, 0.1) is 19.8 Å². The molecule has 2 saturated heterocycles. The van der Waals surface area contributed by atoms with Crippen LogP contribution in [0.2, 0.25) is 0 Å². The van der Waals surface area contributed by atoms with E-state index in [-0.39, 0.29) is 19.8 Å². The van der Waals surface area contributed by atoms with Crippen LogP contribution in [-0.2, 0) is 73.2 Å². The zero-order valence-corrected chi connectivity index (χ0v) is 23.3. The van der Waals surface area contributed by atoms with E-state index < -0.39 is 79.1 Å². The van der Waals surface area contributed by atoms with Crippen LogP contribution >= 0.6 is 0 Å². The predicted octanol–water partition coefficient (Wildman–Crippen LogP) is 0.960. The fraction of sp³-hybridized carbons (Fsp3) is 0.593. The molecule has 14 heteroatoms. The highest BCUT2D eigenvalue weighted by atomic mass is 16.8. The van der Waals surface area contributed by atoms with Crippen molar-refractivity contribution in [3.05, 3.63) is 35.9 Å². The van der Waals surface area contributed by atoms with Gasteiger partial charge >= 0.3 is 29.8 Å². The summed E-state index contributed by atoms with van der Waals surface area (Å²) in [4.78, 5) is 59.6. The molecule has 226 valence electrons. The molecule has 0 saturated carbocycles. The highest BCUT2D eigenvalue weighted by Gasteiger charge is 2.52. The van der Waals surface area contributed by atoms with E-state index in [1.807, 2.05) is 30.3 Å². The van der Waals surface area contributed by atoms with Crippen LogP contribution in [0.15, 0.2) is 30.3 Å². The van der Waals surface area contributed by atoms with Crippen LogP contribution in [0.4, 0.5) is 0 Å². The molecule has 2 aliphatic heterocycles. The van der Waals surface area contributed by atoms with Gasteiger partial charge in [0, 0.05) is 34.6 Å². The molecular weight excluding hydrogens is 548 g/mol. The minimum Gasteiger partial charge on any atom is -0.456 e. The molecule has 0 aliphatic carbocycles. The van der Waals surface area contributed by atoms with Gasteiger partial charge < -0.3 is 42.6 Å². The third-order valence-electron chi connectivity index (χ3n) is 5.86. The van der Waals surface area contributed by atoms with Crippen LogP contribution in [0, 0.1) is 0 Å². The molecule has 0 radical (unpaired) electrons. The fourth-order valence-corrected chi connectivity index (χ4v) is 4.40. The second kappa shape index (κ2) is 14.9. The molecule has 1 aromatic rings. The van der Waals surface area contributed by atoms with E-state index in [1.165, 1.54) is 6.92 Å². The maximum absolute atomic E-state index is 12.1. The van der Waals surface area contributed by atoms with Crippen LogP contribution in [-0.4, -0.2) is 92.3 Å². The number of carbonyl (C=O) groups is 5. The summed E-state index contributed by atoms with van der Waals surface area (Å²) in [5.41, 5.74) is 0.818. The highest BCUT2D eigenvalue weighted by molar-refractivity contribution is 5.69. The molecule has 0 aromatic heterocycles. The van der Waals surface area contributed by atoms with Gasteiger partial charge in [0.2, 0.25) is 0 Å². The molecule has 2 heterocycles. The van der Waals surface area contributed by atoms with Gasteiger partial charge in [-0.2, -0.15) is 0 Å². The summed E-state index contributed by atoms with van der Waals surface area (Å²) in [6.07, 6.45) is -9.97. The number of hydrogen-bond acceptors (Lipinski definition) is 14. The first-order chi connectivity index (χ1) is 19.4. The van der Waals surface area contributed by atoms with Crippen molar-refractivity contribution in [2.24, 2.45) is 0 Å². The van der Waals surface area contributed by atoms with Gasteiger partial charge in [-0.1, -0.05) is 30.3 Å². The molecular formula is C27H34O14. The summed E-state index contributed by atoms with van der Waals surface area (Å²) in [5.74, 6) is -3.60. The fourth-order valence-electron chi connectivity index (χ4n) is 4.40. The molecule has 2 fully saturated rings. The quantitative estimate of drug-likeness (QED) is 0.282. The Bertz CT molecular complexity index is 1080. The average molecular weight is 583 g/mol. The van der Waals surface area contributed by atoms with Gasteiger partial charge in [0.1, 0.15) is 6.10 Å². The number of carbonyl (C=O) groups excluding carboxylic acids is 5. The van der Waals surface area contributed by atoms with E-state index in [2.05, 4.69) is 0 Å². The Kier molecular flexibility index (Phi) is 11.6. The normalized spacial score (nSPS) is 29.5. The first-order valence-electron chi connectivity index (χ1n) is 12.8. The van der Waals surface area contributed by atoms with Gasteiger partial charge in [0.25, 0.3) is 0 Å². The lowest BCUT2D eigenvalue weighted by Crippen LogP contribution is -2.62. The van der Waals surface area contributed by atoms with Crippen LogP contribution < -0.4 is 0 Å². The van der Waals surface area contributed by atoms with Crippen molar-refractivity contribution in [2.45, 2.75) is 90.4 Å². The largest absolute Gasteiger partial charge is 0.456 e. The van der Waals surface area contributed by atoms with Gasteiger partial charge in [-0.3, -0.25) is 24.0 Å². The lowest BCUT2D eigenvalue weighted by Gasteiger charge is -2.44.